The molecule has 4 nitrogen and oxygen atoms in total. The third-order valence-electron chi connectivity index (χ3n) is 5.37. The largest absolute Gasteiger partial charge is 0.371 e. The van der Waals surface area contributed by atoms with Crippen LogP contribution in [0.5, 0.6) is 0 Å². The van der Waals surface area contributed by atoms with E-state index in [9.17, 15) is 0 Å². The normalized spacial score (nSPS) is 27.0. The van der Waals surface area contributed by atoms with Crippen molar-refractivity contribution in [1.29, 1.82) is 0 Å². The Morgan fingerprint density at radius 3 is 2.72 bits per heavy atom. The zero-order valence-corrected chi connectivity index (χ0v) is 14.6. The molecule has 0 unspecified atom stereocenters. The topological polar surface area (TPSA) is 34.6 Å². The van der Waals surface area contributed by atoms with Crippen molar-refractivity contribution in [3.8, 4) is 0 Å². The Labute approximate surface area is 149 Å². The lowest BCUT2D eigenvalue weighted by Crippen LogP contribution is -2.57. The molecule has 1 aromatic carbocycles. The first kappa shape index (κ1) is 16.7. The second-order valence-corrected chi connectivity index (χ2v) is 7.16. The van der Waals surface area contributed by atoms with Gasteiger partial charge in [0, 0.05) is 38.6 Å². The van der Waals surface area contributed by atoms with E-state index in [2.05, 4.69) is 46.3 Å². The van der Waals surface area contributed by atoms with Crippen molar-refractivity contribution in [1.82, 2.24) is 9.88 Å². The number of piperidine rings is 1. The Hall–Kier alpha value is -1.75. The molecule has 1 aromatic heterocycles. The number of nitrogens with zero attached hydrogens (tertiary/aromatic N) is 2. The maximum Gasteiger partial charge on any atom is 0.107 e. The molecular weight excluding hydrogens is 312 g/mol. The summed E-state index contributed by atoms with van der Waals surface area (Å²) in [4.78, 5) is 6.61. The van der Waals surface area contributed by atoms with Gasteiger partial charge < -0.3 is 9.47 Å². The molecule has 0 N–H and O–H groups in total. The molecule has 2 atom stereocenters. The van der Waals surface area contributed by atoms with Gasteiger partial charge in [0.2, 0.25) is 0 Å². The van der Waals surface area contributed by atoms with E-state index in [4.69, 9.17) is 9.47 Å². The standard InChI is InChI=1S/C21H26N2O2/c1-2-5-19(6-3-1)16-24-20-9-13-23(15-18-7-11-22-12-8-18)17-21(20)10-4-14-25-21/h1-3,5-8,11-12,20H,4,9-10,13-17H2/t20-,21-/m0/s1. The van der Waals surface area contributed by atoms with Crippen molar-refractivity contribution < 1.29 is 9.47 Å². The van der Waals surface area contributed by atoms with Crippen LogP contribution in [0.25, 0.3) is 0 Å². The molecule has 4 rings (SSSR count). The van der Waals surface area contributed by atoms with Crippen LogP contribution in [-0.4, -0.2) is 41.3 Å². The Morgan fingerprint density at radius 1 is 1.12 bits per heavy atom. The second-order valence-electron chi connectivity index (χ2n) is 7.16. The second kappa shape index (κ2) is 7.65. The van der Waals surface area contributed by atoms with Crippen LogP contribution in [0.3, 0.4) is 0 Å². The van der Waals surface area contributed by atoms with Crippen LogP contribution in [0.4, 0.5) is 0 Å². The van der Waals surface area contributed by atoms with Gasteiger partial charge in [-0.3, -0.25) is 9.88 Å². The number of rotatable bonds is 5. The zero-order chi connectivity index (χ0) is 17.0. The Morgan fingerprint density at radius 2 is 1.96 bits per heavy atom. The molecule has 4 heteroatoms. The maximum absolute atomic E-state index is 6.34. The summed E-state index contributed by atoms with van der Waals surface area (Å²) in [5, 5.41) is 0. The van der Waals surface area contributed by atoms with Gasteiger partial charge in [-0.25, -0.2) is 0 Å². The molecule has 0 bridgehead atoms. The van der Waals surface area contributed by atoms with Crippen molar-refractivity contribution >= 4 is 0 Å². The molecule has 0 saturated carbocycles. The van der Waals surface area contributed by atoms with Crippen LogP contribution in [0.1, 0.15) is 30.4 Å². The highest BCUT2D eigenvalue weighted by molar-refractivity contribution is 5.14. The monoisotopic (exact) mass is 338 g/mol. The number of hydrogen-bond acceptors (Lipinski definition) is 4. The molecule has 2 saturated heterocycles. The van der Waals surface area contributed by atoms with E-state index in [0.29, 0.717) is 6.61 Å². The Kier molecular flexibility index (Phi) is 5.11. The van der Waals surface area contributed by atoms with E-state index in [1.807, 2.05) is 18.5 Å². The highest BCUT2D eigenvalue weighted by Gasteiger charge is 2.47. The van der Waals surface area contributed by atoms with E-state index in [-0.39, 0.29) is 11.7 Å². The molecule has 2 aliphatic heterocycles. The van der Waals surface area contributed by atoms with Gasteiger partial charge in [0.05, 0.1) is 12.7 Å². The van der Waals surface area contributed by atoms with Crippen LogP contribution in [-0.2, 0) is 22.6 Å². The number of likely N-dealkylation sites (tertiary alicyclic amines) is 1. The highest BCUT2D eigenvalue weighted by atomic mass is 16.6. The predicted octanol–water partition coefficient (Wildman–Crippen LogP) is 3.42. The number of benzene rings is 1. The third-order valence-corrected chi connectivity index (χ3v) is 5.37. The van der Waals surface area contributed by atoms with Crippen molar-refractivity contribution in [2.45, 2.75) is 44.1 Å². The van der Waals surface area contributed by atoms with E-state index in [0.717, 1.165) is 45.5 Å². The fraction of sp³-hybridized carbons (Fsp3) is 0.476. The molecule has 0 aliphatic carbocycles. The van der Waals surface area contributed by atoms with Gasteiger partial charge >= 0.3 is 0 Å². The van der Waals surface area contributed by atoms with Crippen LogP contribution in [0, 0.1) is 0 Å². The van der Waals surface area contributed by atoms with Gasteiger partial charge in [0.1, 0.15) is 5.60 Å². The number of aromatic nitrogens is 1. The summed E-state index contributed by atoms with van der Waals surface area (Å²) in [6.07, 6.45) is 7.18. The van der Waals surface area contributed by atoms with Gasteiger partial charge in [0.15, 0.2) is 0 Å². The van der Waals surface area contributed by atoms with E-state index >= 15 is 0 Å². The lowest BCUT2D eigenvalue weighted by molar-refractivity contribution is -0.160. The van der Waals surface area contributed by atoms with Crippen LogP contribution in [0.15, 0.2) is 54.9 Å². The summed E-state index contributed by atoms with van der Waals surface area (Å²) in [6.45, 7) is 4.48. The van der Waals surface area contributed by atoms with Gasteiger partial charge in [-0.1, -0.05) is 30.3 Å². The minimum absolute atomic E-state index is 0.139. The molecule has 1 spiro atoms. The zero-order valence-electron chi connectivity index (χ0n) is 14.6. The summed E-state index contributed by atoms with van der Waals surface area (Å²) < 4.78 is 12.6. The average molecular weight is 338 g/mol. The van der Waals surface area contributed by atoms with Gasteiger partial charge in [-0.05, 0) is 42.5 Å². The molecule has 132 valence electrons. The SMILES string of the molecule is c1ccc(CO[C@H]2CCN(Cc3ccncc3)C[C@@]23CCCO3)cc1. The first-order chi connectivity index (χ1) is 12.3. The molecule has 2 fully saturated rings. The van der Waals surface area contributed by atoms with Crippen molar-refractivity contribution in [3.63, 3.8) is 0 Å². The molecule has 2 aliphatic rings. The molecule has 3 heterocycles. The molecule has 0 radical (unpaired) electrons. The summed E-state index contributed by atoms with van der Waals surface area (Å²) in [7, 11) is 0. The van der Waals surface area contributed by atoms with Crippen molar-refractivity contribution in [2.75, 3.05) is 19.7 Å². The van der Waals surface area contributed by atoms with Crippen molar-refractivity contribution in [2.24, 2.45) is 0 Å². The highest BCUT2D eigenvalue weighted by Crippen LogP contribution is 2.37. The smallest absolute Gasteiger partial charge is 0.107 e. The summed E-state index contributed by atoms with van der Waals surface area (Å²) in [5.74, 6) is 0. The quantitative estimate of drug-likeness (QED) is 0.837. The molecule has 25 heavy (non-hydrogen) atoms. The third kappa shape index (κ3) is 3.92. The van der Waals surface area contributed by atoms with Gasteiger partial charge in [-0.15, -0.1) is 0 Å². The first-order valence-electron chi connectivity index (χ1n) is 9.25. The summed E-state index contributed by atoms with van der Waals surface area (Å²) >= 11 is 0. The number of pyridine rings is 1. The van der Waals surface area contributed by atoms with Gasteiger partial charge in [0.25, 0.3) is 0 Å². The molecule has 2 aromatic rings. The minimum Gasteiger partial charge on any atom is -0.371 e. The Bertz CT molecular complexity index is 656. The maximum atomic E-state index is 6.34. The summed E-state index contributed by atoms with van der Waals surface area (Å²) in [6, 6.07) is 14.6. The first-order valence-corrected chi connectivity index (χ1v) is 9.25. The van der Waals surface area contributed by atoms with E-state index in [1.54, 1.807) is 0 Å². The van der Waals surface area contributed by atoms with Crippen LogP contribution < -0.4 is 0 Å². The Balaban J connectivity index is 1.41. The fourth-order valence-electron chi connectivity index (χ4n) is 4.11. The molecular formula is C21H26N2O2. The van der Waals surface area contributed by atoms with Gasteiger partial charge in [-0.2, -0.15) is 0 Å². The number of hydrogen-bond donors (Lipinski definition) is 0. The lowest BCUT2D eigenvalue weighted by atomic mass is 9.86. The predicted molar refractivity (Wildman–Crippen MR) is 97.1 cm³/mol. The minimum atomic E-state index is -0.139. The summed E-state index contributed by atoms with van der Waals surface area (Å²) in [5.41, 5.74) is 2.40. The number of ether oxygens (including phenoxy) is 2. The molecule has 0 amide bonds. The van der Waals surface area contributed by atoms with Crippen LogP contribution in [0.2, 0.25) is 0 Å². The van der Waals surface area contributed by atoms with E-state index in [1.165, 1.54) is 11.1 Å². The fourth-order valence-corrected chi connectivity index (χ4v) is 4.11. The lowest BCUT2D eigenvalue weighted by Gasteiger charge is -2.45. The van der Waals surface area contributed by atoms with E-state index < -0.39 is 0 Å². The van der Waals surface area contributed by atoms with Crippen LogP contribution >= 0.6 is 0 Å². The average Bonchev–Trinajstić information content (AvgIpc) is 3.11. The van der Waals surface area contributed by atoms with Crippen molar-refractivity contribution in [3.05, 3.63) is 66.0 Å².